The molecule has 0 atom stereocenters. The Morgan fingerprint density at radius 1 is 1.15 bits per heavy atom. The summed E-state index contributed by atoms with van der Waals surface area (Å²) >= 11 is 0. The van der Waals surface area contributed by atoms with Crippen LogP contribution in [0.4, 0.5) is 11.6 Å². The van der Waals surface area contributed by atoms with Crippen LogP contribution in [-0.4, -0.2) is 64.5 Å². The lowest BCUT2D eigenvalue weighted by Crippen LogP contribution is -2.37. The number of nitrogens with zero attached hydrogens (tertiary/aromatic N) is 8. The topological polar surface area (TPSA) is 132 Å². The first-order valence-electron chi connectivity index (χ1n) is 11.4. The largest absolute Gasteiger partial charge is 0.383 e. The molecule has 1 aliphatic heterocycles. The van der Waals surface area contributed by atoms with Gasteiger partial charge in [-0.25, -0.2) is 4.98 Å². The van der Waals surface area contributed by atoms with Gasteiger partial charge in [0.25, 0.3) is 0 Å². The summed E-state index contributed by atoms with van der Waals surface area (Å²) in [6.45, 7) is 7.23. The molecule has 1 fully saturated rings. The highest BCUT2D eigenvalue weighted by molar-refractivity contribution is 5.76. The molecule has 0 radical (unpaired) electrons. The second-order valence-electron chi connectivity index (χ2n) is 8.91. The van der Waals surface area contributed by atoms with Crippen molar-refractivity contribution in [3.8, 4) is 22.5 Å². The number of rotatable bonds is 5. The van der Waals surface area contributed by atoms with Gasteiger partial charge in [0, 0.05) is 49.6 Å². The number of pyridine rings is 1. The molecule has 3 N–H and O–H groups in total. The van der Waals surface area contributed by atoms with Gasteiger partial charge in [-0.15, -0.1) is 15.3 Å². The number of nitrogen functional groups attached to an aromatic ring is 1. The molecule has 1 amide bonds. The molecule has 0 unspecified atom stereocenters. The van der Waals surface area contributed by atoms with Crippen molar-refractivity contribution in [3.63, 3.8) is 0 Å². The number of carbonyl (C=O) groups is 1. The number of fused-ring (bicyclic) bond motifs is 1. The highest BCUT2D eigenvalue weighted by Crippen LogP contribution is 2.30. The Balaban J connectivity index is 1.44. The Kier molecular flexibility index (Phi) is 5.60. The van der Waals surface area contributed by atoms with Gasteiger partial charge in [-0.05, 0) is 44.9 Å². The van der Waals surface area contributed by atoms with Gasteiger partial charge in [0.2, 0.25) is 5.91 Å². The van der Waals surface area contributed by atoms with Crippen molar-refractivity contribution in [2.24, 2.45) is 0 Å². The number of anilines is 2. The molecule has 11 nitrogen and oxygen atoms in total. The highest BCUT2D eigenvalue weighted by Gasteiger charge is 2.23. The smallest absolute Gasteiger partial charge is 0.219 e. The van der Waals surface area contributed by atoms with Crippen molar-refractivity contribution < 1.29 is 4.79 Å². The van der Waals surface area contributed by atoms with Gasteiger partial charge in [0.1, 0.15) is 11.6 Å². The first kappa shape index (κ1) is 21.8. The fourth-order valence-electron chi connectivity index (χ4n) is 4.27. The van der Waals surface area contributed by atoms with Crippen LogP contribution >= 0.6 is 0 Å². The molecule has 11 heteroatoms. The zero-order valence-electron chi connectivity index (χ0n) is 19.5. The monoisotopic (exact) mass is 460 g/mol. The molecule has 0 bridgehead atoms. The summed E-state index contributed by atoms with van der Waals surface area (Å²) in [5.41, 5.74) is 9.33. The molecule has 0 aliphatic carbocycles. The van der Waals surface area contributed by atoms with E-state index in [4.69, 9.17) is 5.73 Å². The molecule has 176 valence electrons. The van der Waals surface area contributed by atoms with Gasteiger partial charge in [0.15, 0.2) is 11.5 Å². The third kappa shape index (κ3) is 4.16. The van der Waals surface area contributed by atoms with E-state index in [9.17, 15) is 4.79 Å². The van der Waals surface area contributed by atoms with Gasteiger partial charge < -0.3 is 16.0 Å². The van der Waals surface area contributed by atoms with Crippen LogP contribution < -0.4 is 11.1 Å². The van der Waals surface area contributed by atoms with Crippen molar-refractivity contribution in [1.29, 1.82) is 0 Å². The molecule has 34 heavy (non-hydrogen) atoms. The number of nitrogens with one attached hydrogen (secondary N) is 1. The Morgan fingerprint density at radius 3 is 2.68 bits per heavy atom. The van der Waals surface area contributed by atoms with Gasteiger partial charge in [-0.3, -0.25) is 9.48 Å². The van der Waals surface area contributed by atoms with E-state index in [0.29, 0.717) is 22.9 Å². The number of piperidine rings is 1. The highest BCUT2D eigenvalue weighted by atomic mass is 16.2. The number of aromatic nitrogens is 7. The molecule has 0 saturated carbocycles. The normalized spacial score (nSPS) is 14.8. The van der Waals surface area contributed by atoms with E-state index < -0.39 is 0 Å². The van der Waals surface area contributed by atoms with Crippen LogP contribution in [0.15, 0.2) is 36.8 Å². The third-order valence-electron chi connectivity index (χ3n) is 6.08. The molecular weight excluding hydrogens is 432 g/mol. The number of hydrogen-bond donors (Lipinski definition) is 2. The van der Waals surface area contributed by atoms with E-state index in [2.05, 4.69) is 44.5 Å². The van der Waals surface area contributed by atoms with Crippen molar-refractivity contribution in [1.82, 2.24) is 39.5 Å². The fourth-order valence-corrected chi connectivity index (χ4v) is 4.27. The van der Waals surface area contributed by atoms with Crippen LogP contribution in [0.1, 0.15) is 39.7 Å². The Morgan fingerprint density at radius 2 is 1.94 bits per heavy atom. The van der Waals surface area contributed by atoms with Gasteiger partial charge >= 0.3 is 0 Å². The van der Waals surface area contributed by atoms with Crippen LogP contribution in [0.2, 0.25) is 0 Å². The molecule has 1 saturated heterocycles. The van der Waals surface area contributed by atoms with Crippen LogP contribution in [0.3, 0.4) is 0 Å². The van der Waals surface area contributed by atoms with E-state index in [-0.39, 0.29) is 18.0 Å². The first-order chi connectivity index (χ1) is 16.4. The summed E-state index contributed by atoms with van der Waals surface area (Å²) in [4.78, 5) is 17.9. The summed E-state index contributed by atoms with van der Waals surface area (Å²) < 4.78 is 3.66. The molecule has 0 spiro atoms. The van der Waals surface area contributed by atoms with E-state index in [0.717, 1.165) is 42.9 Å². The second kappa shape index (κ2) is 8.73. The quantitative estimate of drug-likeness (QED) is 0.464. The average molecular weight is 461 g/mol. The second-order valence-corrected chi connectivity index (χ2v) is 8.91. The summed E-state index contributed by atoms with van der Waals surface area (Å²) in [7, 11) is 0. The molecule has 4 aromatic heterocycles. The number of hydrogen-bond acceptors (Lipinski definition) is 8. The van der Waals surface area contributed by atoms with Crippen LogP contribution in [-0.2, 0) is 4.79 Å². The molecule has 5 heterocycles. The SMILES string of the molecule is CC(=O)N1CCC(n2cc(-c3cnc(N)c(-c4nnc5ccc(NC(C)C)nn45)c3)cn2)CC1. The summed E-state index contributed by atoms with van der Waals surface area (Å²) in [6, 6.07) is 6.20. The van der Waals surface area contributed by atoms with Crippen molar-refractivity contribution in [2.45, 2.75) is 45.7 Å². The maximum absolute atomic E-state index is 11.6. The van der Waals surface area contributed by atoms with Crippen LogP contribution in [0.25, 0.3) is 28.2 Å². The van der Waals surface area contributed by atoms with E-state index in [1.54, 1.807) is 17.6 Å². The average Bonchev–Trinajstić information content (AvgIpc) is 3.47. The summed E-state index contributed by atoms with van der Waals surface area (Å²) in [5, 5.41) is 21.1. The molecular formula is C23H28N10O. The Labute approximate surface area is 197 Å². The number of nitrogens with two attached hydrogens (primary N) is 1. The standard InChI is InChI=1S/C23H28N10O/c1-14(2)27-20-4-5-21-28-29-23(33(21)30-20)19-10-16(11-25-22(19)24)17-12-26-32(13-17)18-6-8-31(9-7-18)15(3)34/h4-5,10-14,18H,6-9H2,1-3H3,(H2,24,25)(H,27,30). The minimum atomic E-state index is 0.127. The van der Waals surface area contributed by atoms with E-state index in [1.165, 1.54) is 0 Å². The molecule has 1 aliphatic rings. The third-order valence-corrected chi connectivity index (χ3v) is 6.08. The van der Waals surface area contributed by atoms with Gasteiger partial charge in [0.05, 0.1) is 17.8 Å². The summed E-state index contributed by atoms with van der Waals surface area (Å²) in [5.74, 6) is 1.73. The summed E-state index contributed by atoms with van der Waals surface area (Å²) in [6.07, 6.45) is 7.36. The lowest BCUT2D eigenvalue weighted by molar-refractivity contribution is -0.130. The van der Waals surface area contributed by atoms with E-state index in [1.807, 2.05) is 40.2 Å². The molecule has 0 aromatic carbocycles. The molecule has 5 rings (SSSR count). The lowest BCUT2D eigenvalue weighted by atomic mass is 10.1. The zero-order valence-corrected chi connectivity index (χ0v) is 19.5. The predicted octanol–water partition coefficient (Wildman–Crippen LogP) is 2.64. The van der Waals surface area contributed by atoms with Crippen LogP contribution in [0.5, 0.6) is 0 Å². The zero-order chi connectivity index (χ0) is 23.8. The fraction of sp³-hybridized carbons (Fsp3) is 0.391. The predicted molar refractivity (Wildman–Crippen MR) is 129 cm³/mol. The number of amides is 1. The minimum absolute atomic E-state index is 0.127. The van der Waals surface area contributed by atoms with Crippen molar-refractivity contribution >= 4 is 23.2 Å². The van der Waals surface area contributed by atoms with Gasteiger partial charge in [-0.1, -0.05) is 0 Å². The van der Waals surface area contributed by atoms with E-state index >= 15 is 0 Å². The number of carbonyl (C=O) groups excluding carboxylic acids is 1. The lowest BCUT2D eigenvalue weighted by Gasteiger charge is -2.31. The Hall–Kier alpha value is -4.02. The van der Waals surface area contributed by atoms with Crippen LogP contribution in [0, 0.1) is 0 Å². The Bertz CT molecular complexity index is 1330. The number of likely N-dealkylation sites (tertiary alicyclic amines) is 1. The van der Waals surface area contributed by atoms with Crippen molar-refractivity contribution in [2.75, 3.05) is 24.1 Å². The van der Waals surface area contributed by atoms with Crippen molar-refractivity contribution in [3.05, 3.63) is 36.8 Å². The molecule has 4 aromatic rings. The maximum atomic E-state index is 11.6. The minimum Gasteiger partial charge on any atom is -0.383 e. The first-order valence-corrected chi connectivity index (χ1v) is 11.4. The maximum Gasteiger partial charge on any atom is 0.219 e. The van der Waals surface area contributed by atoms with Gasteiger partial charge in [-0.2, -0.15) is 9.61 Å².